The van der Waals surface area contributed by atoms with E-state index in [1.54, 1.807) is 11.8 Å². The molecule has 22 heavy (non-hydrogen) atoms. The van der Waals surface area contributed by atoms with Crippen molar-refractivity contribution in [3.05, 3.63) is 24.3 Å². The van der Waals surface area contributed by atoms with E-state index in [0.29, 0.717) is 18.8 Å². The first-order valence-electron chi connectivity index (χ1n) is 7.65. The van der Waals surface area contributed by atoms with Gasteiger partial charge in [-0.1, -0.05) is 19.9 Å². The molecule has 1 amide bonds. The molecule has 2 atom stereocenters. The van der Waals surface area contributed by atoms with Gasteiger partial charge in [0.05, 0.1) is 5.69 Å². The van der Waals surface area contributed by atoms with E-state index in [1.807, 2.05) is 30.5 Å². The van der Waals surface area contributed by atoms with Crippen LogP contribution in [0.15, 0.2) is 29.2 Å². The molecule has 2 aliphatic carbocycles. The third-order valence-corrected chi connectivity index (χ3v) is 6.40. The average molecular weight is 318 g/mol. The molecule has 1 aromatic carbocycles. The molecule has 0 aliphatic heterocycles. The fourth-order valence-corrected chi connectivity index (χ4v) is 4.60. The average Bonchev–Trinajstić information content (AvgIpc) is 2.88. The first-order valence-corrected chi connectivity index (χ1v) is 8.88. The van der Waals surface area contributed by atoms with Gasteiger partial charge in [-0.3, -0.25) is 20.4 Å². The Balaban J connectivity index is 1.76. The fourth-order valence-electron chi connectivity index (χ4n) is 4.15. The van der Waals surface area contributed by atoms with Crippen LogP contribution in [0, 0.1) is 16.7 Å². The van der Waals surface area contributed by atoms with Crippen LogP contribution in [0.2, 0.25) is 0 Å². The smallest absolute Gasteiger partial charge is 0.252 e. The molecule has 2 aliphatic rings. The molecule has 0 saturated heterocycles. The van der Waals surface area contributed by atoms with Gasteiger partial charge < -0.3 is 0 Å². The maximum Gasteiger partial charge on any atom is 0.252 e. The molecule has 2 saturated carbocycles. The zero-order valence-electron chi connectivity index (χ0n) is 13.2. The van der Waals surface area contributed by atoms with E-state index in [-0.39, 0.29) is 17.1 Å². The van der Waals surface area contributed by atoms with Gasteiger partial charge in [0, 0.05) is 11.3 Å². The van der Waals surface area contributed by atoms with Gasteiger partial charge in [-0.05, 0) is 48.6 Å². The van der Waals surface area contributed by atoms with Crippen LogP contribution in [0.5, 0.6) is 0 Å². The lowest BCUT2D eigenvalue weighted by atomic mass is 9.68. The standard InChI is InChI=1S/C17H22N2O2S/c1-16(2)11-7-8-17(16,14(20)9-11)15(21)19-18-12-5-4-6-13(10-12)22-3/h4-6,10-11,18H,7-9H2,1-3H3,(H,19,21). The number of nitrogens with one attached hydrogen (secondary N) is 2. The Hall–Kier alpha value is -1.49. The highest BCUT2D eigenvalue weighted by atomic mass is 32.2. The first-order chi connectivity index (χ1) is 10.4. The molecule has 2 N–H and O–H groups in total. The molecule has 4 nitrogen and oxygen atoms in total. The number of thioether (sulfide) groups is 1. The van der Waals surface area contributed by atoms with Crippen LogP contribution < -0.4 is 10.9 Å². The van der Waals surface area contributed by atoms with E-state index in [4.69, 9.17) is 0 Å². The summed E-state index contributed by atoms with van der Waals surface area (Å²) in [6.45, 7) is 4.12. The predicted molar refractivity (Wildman–Crippen MR) is 88.6 cm³/mol. The number of ketones is 1. The van der Waals surface area contributed by atoms with Gasteiger partial charge in [0.1, 0.15) is 11.2 Å². The van der Waals surface area contributed by atoms with Crippen LogP contribution in [-0.2, 0) is 9.59 Å². The molecular formula is C17H22N2O2S. The summed E-state index contributed by atoms with van der Waals surface area (Å²) in [5.74, 6) is 0.258. The predicted octanol–water partition coefficient (Wildman–Crippen LogP) is 3.25. The Kier molecular flexibility index (Phi) is 3.71. The molecule has 0 aromatic heterocycles. The van der Waals surface area contributed by atoms with E-state index < -0.39 is 5.41 Å². The topological polar surface area (TPSA) is 58.2 Å². The highest BCUT2D eigenvalue weighted by Gasteiger charge is 2.68. The van der Waals surface area contributed by atoms with Crippen LogP contribution in [0.4, 0.5) is 5.69 Å². The Morgan fingerprint density at radius 1 is 1.36 bits per heavy atom. The molecule has 0 spiro atoms. The van der Waals surface area contributed by atoms with Gasteiger partial charge >= 0.3 is 0 Å². The van der Waals surface area contributed by atoms with Gasteiger partial charge in [0.15, 0.2) is 0 Å². The van der Waals surface area contributed by atoms with Gasteiger partial charge in [-0.25, -0.2) is 0 Å². The zero-order valence-corrected chi connectivity index (χ0v) is 14.0. The largest absolute Gasteiger partial charge is 0.299 e. The zero-order chi connectivity index (χ0) is 16.0. The summed E-state index contributed by atoms with van der Waals surface area (Å²) in [4.78, 5) is 26.3. The summed E-state index contributed by atoms with van der Waals surface area (Å²) < 4.78 is 0. The fraction of sp³-hybridized carbons (Fsp3) is 0.529. The molecule has 1 aromatic rings. The Morgan fingerprint density at radius 3 is 2.73 bits per heavy atom. The van der Waals surface area contributed by atoms with Crippen LogP contribution in [0.25, 0.3) is 0 Å². The summed E-state index contributed by atoms with van der Waals surface area (Å²) in [5, 5.41) is 0. The number of Topliss-reactive ketones (excluding diaryl/α,β-unsaturated/α-hetero) is 1. The van der Waals surface area contributed by atoms with Gasteiger partial charge in [-0.15, -0.1) is 11.8 Å². The number of hydrogen-bond donors (Lipinski definition) is 2. The second-order valence-electron chi connectivity index (χ2n) is 6.80. The molecule has 2 bridgehead atoms. The number of rotatable bonds is 4. The number of amides is 1. The van der Waals surface area contributed by atoms with Crippen LogP contribution in [-0.4, -0.2) is 17.9 Å². The second-order valence-corrected chi connectivity index (χ2v) is 7.68. The number of anilines is 1. The molecule has 0 heterocycles. The quantitative estimate of drug-likeness (QED) is 0.508. The Bertz CT molecular complexity index is 629. The minimum absolute atomic E-state index is 0.103. The van der Waals surface area contributed by atoms with Gasteiger partial charge in [0.25, 0.3) is 5.91 Å². The van der Waals surface area contributed by atoms with Crippen LogP contribution in [0.1, 0.15) is 33.1 Å². The normalized spacial score (nSPS) is 28.7. The van der Waals surface area contributed by atoms with Crippen molar-refractivity contribution in [1.82, 2.24) is 5.43 Å². The minimum atomic E-state index is -0.859. The van der Waals surface area contributed by atoms with Crippen molar-refractivity contribution in [2.24, 2.45) is 16.7 Å². The summed E-state index contributed by atoms with van der Waals surface area (Å²) >= 11 is 1.65. The van der Waals surface area contributed by atoms with Crippen molar-refractivity contribution in [3.8, 4) is 0 Å². The summed E-state index contributed by atoms with van der Waals surface area (Å²) in [6.07, 6.45) is 4.19. The number of hydrazine groups is 1. The van der Waals surface area contributed by atoms with E-state index in [1.165, 1.54) is 0 Å². The maximum absolute atomic E-state index is 12.8. The monoisotopic (exact) mass is 318 g/mol. The van der Waals surface area contributed by atoms with Gasteiger partial charge in [-0.2, -0.15) is 0 Å². The Labute approximate surface area is 135 Å². The van der Waals surface area contributed by atoms with Crippen LogP contribution >= 0.6 is 11.8 Å². The van der Waals surface area contributed by atoms with E-state index in [9.17, 15) is 9.59 Å². The van der Waals surface area contributed by atoms with E-state index in [0.717, 1.165) is 17.0 Å². The summed E-state index contributed by atoms with van der Waals surface area (Å²) in [5.41, 5.74) is 5.46. The number of benzene rings is 1. The molecule has 2 unspecified atom stereocenters. The number of fused-ring (bicyclic) bond motifs is 2. The Morgan fingerprint density at radius 2 is 2.14 bits per heavy atom. The first kappa shape index (κ1) is 15.4. The second kappa shape index (κ2) is 5.30. The van der Waals surface area contributed by atoms with Crippen molar-refractivity contribution in [2.75, 3.05) is 11.7 Å². The van der Waals surface area contributed by atoms with Crippen molar-refractivity contribution in [3.63, 3.8) is 0 Å². The molecular weight excluding hydrogens is 296 g/mol. The summed E-state index contributed by atoms with van der Waals surface area (Å²) in [7, 11) is 0. The van der Waals surface area contributed by atoms with Crippen molar-refractivity contribution in [1.29, 1.82) is 0 Å². The molecule has 0 radical (unpaired) electrons. The minimum Gasteiger partial charge on any atom is -0.299 e. The third kappa shape index (κ3) is 2.06. The van der Waals surface area contributed by atoms with Crippen molar-refractivity contribution < 1.29 is 9.59 Å². The molecule has 3 rings (SSSR count). The van der Waals surface area contributed by atoms with Gasteiger partial charge in [0.2, 0.25) is 0 Å². The van der Waals surface area contributed by atoms with E-state index >= 15 is 0 Å². The lowest BCUT2D eigenvalue weighted by Crippen LogP contribution is -2.51. The lowest BCUT2D eigenvalue weighted by Gasteiger charge is -2.34. The maximum atomic E-state index is 12.8. The number of carbonyl (C=O) groups excluding carboxylic acids is 2. The van der Waals surface area contributed by atoms with Crippen molar-refractivity contribution >= 4 is 29.1 Å². The molecule has 118 valence electrons. The lowest BCUT2D eigenvalue weighted by molar-refractivity contribution is -0.144. The van der Waals surface area contributed by atoms with Crippen molar-refractivity contribution in [2.45, 2.75) is 38.0 Å². The molecule has 5 heteroatoms. The highest BCUT2D eigenvalue weighted by molar-refractivity contribution is 7.98. The number of carbonyl (C=O) groups is 2. The third-order valence-electron chi connectivity index (χ3n) is 5.67. The highest BCUT2D eigenvalue weighted by Crippen LogP contribution is 2.63. The summed E-state index contributed by atoms with van der Waals surface area (Å²) in [6, 6.07) is 7.83. The van der Waals surface area contributed by atoms with E-state index in [2.05, 4.69) is 24.7 Å². The SMILES string of the molecule is CSc1cccc(NNC(=O)C23CCC(CC2=O)C3(C)C)c1. The number of hydrogen-bond acceptors (Lipinski definition) is 4. The van der Waals surface area contributed by atoms with Crippen LogP contribution in [0.3, 0.4) is 0 Å². The molecule has 2 fully saturated rings.